The van der Waals surface area contributed by atoms with E-state index in [9.17, 15) is 14.9 Å². The zero-order valence-electron chi connectivity index (χ0n) is 19.4. The van der Waals surface area contributed by atoms with E-state index in [4.69, 9.17) is 4.98 Å². The number of benzene rings is 3. The van der Waals surface area contributed by atoms with Crippen LogP contribution in [0.15, 0.2) is 84.0 Å². The molecule has 10 heteroatoms. The van der Waals surface area contributed by atoms with Gasteiger partial charge in [0.1, 0.15) is 5.52 Å². The number of fused-ring (bicyclic) bond motifs is 3. The Labute approximate surface area is 210 Å². The SMILES string of the molecule is CCC(Sc1nnc2c3ccccc3n(Cc3ccccc3)c2n1)C(=O)Nc1ccc([N+](=O)[O-])cc1. The van der Waals surface area contributed by atoms with Crippen LogP contribution in [0.3, 0.4) is 0 Å². The molecular formula is C26H22N6O3S. The van der Waals surface area contributed by atoms with Crippen LogP contribution in [0, 0.1) is 10.1 Å². The average Bonchev–Trinajstić information content (AvgIpc) is 3.21. The van der Waals surface area contributed by atoms with E-state index >= 15 is 0 Å². The van der Waals surface area contributed by atoms with Gasteiger partial charge in [0.05, 0.1) is 15.7 Å². The van der Waals surface area contributed by atoms with Crippen molar-refractivity contribution in [1.29, 1.82) is 0 Å². The summed E-state index contributed by atoms with van der Waals surface area (Å²) in [6.45, 7) is 2.54. The van der Waals surface area contributed by atoms with Gasteiger partial charge in [0.15, 0.2) is 5.65 Å². The summed E-state index contributed by atoms with van der Waals surface area (Å²) in [5.74, 6) is -0.232. The van der Waals surface area contributed by atoms with Gasteiger partial charge in [-0.15, -0.1) is 10.2 Å². The Morgan fingerprint density at radius 3 is 2.47 bits per heavy atom. The Balaban J connectivity index is 1.43. The Kier molecular flexibility index (Phi) is 6.59. The number of carbonyl (C=O) groups excluding carboxylic acids is 1. The minimum atomic E-state index is -0.478. The fourth-order valence-electron chi connectivity index (χ4n) is 4.00. The summed E-state index contributed by atoms with van der Waals surface area (Å²) in [6.07, 6.45) is 0.540. The highest BCUT2D eigenvalue weighted by Crippen LogP contribution is 2.30. The number of amides is 1. The van der Waals surface area contributed by atoms with E-state index in [1.165, 1.54) is 36.0 Å². The summed E-state index contributed by atoms with van der Waals surface area (Å²) in [5.41, 5.74) is 4.04. The summed E-state index contributed by atoms with van der Waals surface area (Å²) < 4.78 is 2.12. The number of nitrogens with one attached hydrogen (secondary N) is 1. The third-order valence-electron chi connectivity index (χ3n) is 5.79. The van der Waals surface area contributed by atoms with E-state index in [1.807, 2.05) is 49.4 Å². The fraction of sp³-hybridized carbons (Fsp3) is 0.154. The van der Waals surface area contributed by atoms with Crippen LogP contribution in [0.25, 0.3) is 22.1 Å². The number of rotatable bonds is 8. The molecule has 9 nitrogen and oxygen atoms in total. The summed E-state index contributed by atoms with van der Waals surface area (Å²) in [7, 11) is 0. The van der Waals surface area contributed by atoms with E-state index in [0.29, 0.717) is 35.0 Å². The molecule has 0 saturated heterocycles. The molecule has 36 heavy (non-hydrogen) atoms. The largest absolute Gasteiger partial charge is 0.325 e. The lowest BCUT2D eigenvalue weighted by Crippen LogP contribution is -2.24. The zero-order chi connectivity index (χ0) is 25.1. The molecule has 0 spiro atoms. The second-order valence-corrected chi connectivity index (χ2v) is 9.33. The van der Waals surface area contributed by atoms with Gasteiger partial charge >= 0.3 is 0 Å². The molecule has 1 unspecified atom stereocenters. The highest BCUT2D eigenvalue weighted by Gasteiger charge is 2.22. The highest BCUT2D eigenvalue weighted by molar-refractivity contribution is 8.00. The second-order valence-electron chi connectivity index (χ2n) is 8.16. The molecule has 0 aliphatic carbocycles. The molecule has 2 heterocycles. The first-order valence-electron chi connectivity index (χ1n) is 11.4. The van der Waals surface area contributed by atoms with Crippen molar-refractivity contribution in [2.75, 3.05) is 5.32 Å². The van der Waals surface area contributed by atoms with Gasteiger partial charge in [-0.3, -0.25) is 14.9 Å². The highest BCUT2D eigenvalue weighted by atomic mass is 32.2. The number of aromatic nitrogens is 4. The smallest absolute Gasteiger partial charge is 0.269 e. The van der Waals surface area contributed by atoms with Crippen LogP contribution in [0.1, 0.15) is 18.9 Å². The van der Waals surface area contributed by atoms with Crippen LogP contribution in [0.4, 0.5) is 11.4 Å². The predicted octanol–water partition coefficient (Wildman–Crippen LogP) is 5.45. The maximum absolute atomic E-state index is 12.9. The van der Waals surface area contributed by atoms with Gasteiger partial charge in [-0.25, -0.2) is 4.98 Å². The molecule has 0 aliphatic heterocycles. The Morgan fingerprint density at radius 2 is 1.75 bits per heavy atom. The normalized spacial score (nSPS) is 12.0. The van der Waals surface area contributed by atoms with Crippen LogP contribution in [0.5, 0.6) is 0 Å². The molecule has 1 atom stereocenters. The average molecular weight is 499 g/mol. The van der Waals surface area contributed by atoms with Crippen LogP contribution < -0.4 is 5.32 Å². The first kappa shape index (κ1) is 23.4. The van der Waals surface area contributed by atoms with Gasteiger partial charge in [0, 0.05) is 29.8 Å². The summed E-state index contributed by atoms with van der Waals surface area (Å²) >= 11 is 1.25. The lowest BCUT2D eigenvalue weighted by Gasteiger charge is -2.14. The van der Waals surface area contributed by atoms with E-state index < -0.39 is 10.2 Å². The van der Waals surface area contributed by atoms with Crippen LogP contribution in [0.2, 0.25) is 0 Å². The van der Waals surface area contributed by atoms with Gasteiger partial charge in [-0.1, -0.05) is 67.2 Å². The molecule has 2 aromatic heterocycles. The van der Waals surface area contributed by atoms with Crippen molar-refractivity contribution >= 4 is 51.1 Å². The van der Waals surface area contributed by atoms with Crippen LogP contribution >= 0.6 is 11.8 Å². The Morgan fingerprint density at radius 1 is 1.03 bits per heavy atom. The number of nitro groups is 1. The van der Waals surface area contributed by atoms with Gasteiger partial charge < -0.3 is 9.88 Å². The number of anilines is 1. The predicted molar refractivity (Wildman–Crippen MR) is 140 cm³/mol. The maximum atomic E-state index is 12.9. The molecule has 0 radical (unpaired) electrons. The first-order chi connectivity index (χ1) is 17.5. The van der Waals surface area contributed by atoms with Gasteiger partial charge in [-0.05, 0) is 30.2 Å². The van der Waals surface area contributed by atoms with Crippen molar-refractivity contribution in [2.45, 2.75) is 30.3 Å². The number of hydrogen-bond acceptors (Lipinski definition) is 7. The fourth-order valence-corrected chi connectivity index (χ4v) is 4.82. The third-order valence-corrected chi connectivity index (χ3v) is 7.01. The van der Waals surface area contributed by atoms with E-state index in [0.717, 1.165) is 16.5 Å². The van der Waals surface area contributed by atoms with Crippen molar-refractivity contribution in [3.8, 4) is 0 Å². The van der Waals surface area contributed by atoms with Crippen molar-refractivity contribution < 1.29 is 9.72 Å². The van der Waals surface area contributed by atoms with Gasteiger partial charge in [0.2, 0.25) is 11.1 Å². The first-order valence-corrected chi connectivity index (χ1v) is 12.3. The number of carbonyl (C=O) groups is 1. The molecule has 0 aliphatic rings. The van der Waals surface area contributed by atoms with Crippen molar-refractivity contribution in [3.63, 3.8) is 0 Å². The minimum Gasteiger partial charge on any atom is -0.325 e. The molecule has 5 aromatic rings. The van der Waals surface area contributed by atoms with E-state index in [2.05, 4.69) is 32.2 Å². The summed E-state index contributed by atoms with van der Waals surface area (Å²) in [6, 6.07) is 23.9. The quantitative estimate of drug-likeness (QED) is 0.172. The lowest BCUT2D eigenvalue weighted by atomic mass is 10.2. The standard InChI is InChI=1S/C26H22N6O3S/c1-2-22(25(33)27-18-12-14-19(15-13-18)32(34)35)36-26-28-24-23(29-30-26)20-10-6-7-11-21(20)31(24)16-17-8-4-3-5-9-17/h3-15,22H,2,16H2,1H3,(H,27,33). The molecule has 1 N–H and O–H groups in total. The van der Waals surface area contributed by atoms with Crippen LogP contribution in [-0.2, 0) is 11.3 Å². The maximum Gasteiger partial charge on any atom is 0.269 e. The summed E-state index contributed by atoms with van der Waals surface area (Å²) in [5, 5.41) is 23.4. The second kappa shape index (κ2) is 10.1. The Hall–Kier alpha value is -4.31. The van der Waals surface area contributed by atoms with Gasteiger partial charge in [-0.2, -0.15) is 0 Å². The monoisotopic (exact) mass is 498 g/mol. The van der Waals surface area contributed by atoms with E-state index in [-0.39, 0.29) is 11.6 Å². The van der Waals surface area contributed by atoms with Crippen molar-refractivity contribution in [3.05, 3.63) is 94.5 Å². The van der Waals surface area contributed by atoms with Crippen LogP contribution in [-0.4, -0.2) is 35.8 Å². The molecule has 0 fully saturated rings. The number of hydrogen-bond donors (Lipinski definition) is 1. The van der Waals surface area contributed by atoms with Crippen molar-refractivity contribution in [1.82, 2.24) is 19.7 Å². The molecule has 0 saturated carbocycles. The molecule has 3 aromatic carbocycles. The minimum absolute atomic E-state index is 0.0342. The number of para-hydroxylation sites is 1. The number of non-ortho nitro benzene ring substituents is 1. The molecule has 5 rings (SSSR count). The Bertz CT molecular complexity index is 1550. The van der Waals surface area contributed by atoms with Crippen molar-refractivity contribution in [2.24, 2.45) is 0 Å². The number of nitrogens with zero attached hydrogens (tertiary/aromatic N) is 5. The third kappa shape index (κ3) is 4.76. The molecule has 1 amide bonds. The summed E-state index contributed by atoms with van der Waals surface area (Å²) in [4.78, 5) is 28.1. The van der Waals surface area contributed by atoms with Gasteiger partial charge in [0.25, 0.3) is 5.69 Å². The number of nitro benzene ring substituents is 1. The number of thioether (sulfide) groups is 1. The van der Waals surface area contributed by atoms with E-state index in [1.54, 1.807) is 0 Å². The molecule has 0 bridgehead atoms. The topological polar surface area (TPSA) is 116 Å². The molecule has 180 valence electrons. The zero-order valence-corrected chi connectivity index (χ0v) is 20.2. The molecular weight excluding hydrogens is 476 g/mol. The lowest BCUT2D eigenvalue weighted by molar-refractivity contribution is -0.384.